The molecule has 0 unspecified atom stereocenters. The molecule has 0 fully saturated rings. The van der Waals surface area contributed by atoms with E-state index < -0.39 is 10.0 Å². The summed E-state index contributed by atoms with van der Waals surface area (Å²) in [6.07, 6.45) is 0. The molecule has 5 nitrogen and oxygen atoms in total. The minimum absolute atomic E-state index is 0.103. The molecule has 0 amide bonds. The van der Waals surface area contributed by atoms with E-state index in [1.807, 2.05) is 17.5 Å². The molecule has 0 saturated heterocycles. The van der Waals surface area contributed by atoms with Crippen molar-refractivity contribution >= 4 is 43.0 Å². The number of benzene rings is 2. The maximum Gasteiger partial charge on any atom is 0.268 e. The molecule has 3 rings (SSSR count). The molecular weight excluding hydrogens is 450 g/mol. The van der Waals surface area contributed by atoms with Crippen LogP contribution in [0.5, 0.6) is 11.5 Å². The first kappa shape index (κ1) is 19.7. The average molecular weight is 468 g/mol. The van der Waals surface area contributed by atoms with Crippen LogP contribution in [-0.4, -0.2) is 22.6 Å². The normalized spacial score (nSPS) is 11.2. The third-order valence-corrected chi connectivity index (χ3v) is 7.08. The van der Waals surface area contributed by atoms with Gasteiger partial charge in [0.25, 0.3) is 10.0 Å². The molecule has 0 bridgehead atoms. The summed E-state index contributed by atoms with van der Waals surface area (Å²) in [5.74, 6) is 0.954. The Balaban J connectivity index is 2.12. The van der Waals surface area contributed by atoms with Gasteiger partial charge in [0.2, 0.25) is 0 Å². The van der Waals surface area contributed by atoms with Crippen LogP contribution in [0.25, 0.3) is 0 Å². The second-order valence-corrected chi connectivity index (χ2v) is 9.36. The van der Waals surface area contributed by atoms with Gasteiger partial charge in [-0.1, -0.05) is 22.0 Å². The van der Waals surface area contributed by atoms with E-state index in [0.29, 0.717) is 21.7 Å². The molecule has 0 aliphatic rings. The summed E-state index contributed by atoms with van der Waals surface area (Å²) in [5.41, 5.74) is 0.547. The number of anilines is 1. The van der Waals surface area contributed by atoms with Gasteiger partial charge in [-0.15, -0.1) is 11.3 Å². The Hall–Kier alpha value is -2.03. The summed E-state index contributed by atoms with van der Waals surface area (Å²) >= 11 is 4.86. The number of rotatable bonds is 7. The van der Waals surface area contributed by atoms with Gasteiger partial charge in [0, 0.05) is 9.35 Å². The number of sulfonamides is 1. The van der Waals surface area contributed by atoms with Gasteiger partial charge in [-0.25, -0.2) is 8.42 Å². The minimum Gasteiger partial charge on any atom is -0.497 e. The Morgan fingerprint density at radius 3 is 2.37 bits per heavy atom. The van der Waals surface area contributed by atoms with Crippen molar-refractivity contribution in [2.45, 2.75) is 11.4 Å². The quantitative estimate of drug-likeness (QED) is 0.494. The third-order valence-electron chi connectivity index (χ3n) is 3.93. The van der Waals surface area contributed by atoms with Gasteiger partial charge in [-0.05, 0) is 53.9 Å². The predicted molar refractivity (Wildman–Crippen MR) is 111 cm³/mol. The lowest BCUT2D eigenvalue weighted by molar-refractivity contribution is 0.402. The van der Waals surface area contributed by atoms with Crippen molar-refractivity contribution in [2.75, 3.05) is 18.5 Å². The first-order valence-corrected chi connectivity index (χ1v) is 11.1. The molecular formula is C19H18BrNO4S2. The second kappa shape index (κ2) is 8.33. The molecule has 0 radical (unpaired) electrons. The van der Waals surface area contributed by atoms with Crippen LogP contribution in [0, 0.1) is 0 Å². The highest BCUT2D eigenvalue weighted by Crippen LogP contribution is 2.34. The van der Waals surface area contributed by atoms with Crippen molar-refractivity contribution < 1.29 is 17.9 Å². The van der Waals surface area contributed by atoms with Crippen LogP contribution in [-0.2, 0) is 16.6 Å². The van der Waals surface area contributed by atoms with Crippen LogP contribution >= 0.6 is 27.3 Å². The van der Waals surface area contributed by atoms with Crippen LogP contribution < -0.4 is 13.8 Å². The van der Waals surface area contributed by atoms with Crippen LogP contribution in [0.4, 0.5) is 5.69 Å². The molecule has 0 saturated carbocycles. The number of thiophene rings is 1. The summed E-state index contributed by atoms with van der Waals surface area (Å²) in [4.78, 5) is 1.04. The maximum absolute atomic E-state index is 13.5. The first-order valence-electron chi connectivity index (χ1n) is 7.98. The summed E-state index contributed by atoms with van der Waals surface area (Å²) in [7, 11) is -0.842. The summed E-state index contributed by atoms with van der Waals surface area (Å²) in [6.45, 7) is 0.224. The number of hydrogen-bond acceptors (Lipinski definition) is 5. The predicted octanol–water partition coefficient (Wildman–Crippen LogP) is 4.92. The molecule has 8 heteroatoms. The lowest BCUT2D eigenvalue weighted by atomic mass is 10.3. The highest BCUT2D eigenvalue weighted by atomic mass is 79.9. The molecule has 1 heterocycles. The number of hydrogen-bond donors (Lipinski definition) is 0. The van der Waals surface area contributed by atoms with Crippen molar-refractivity contribution in [2.24, 2.45) is 0 Å². The van der Waals surface area contributed by atoms with Crippen molar-refractivity contribution in [1.82, 2.24) is 0 Å². The fourth-order valence-corrected chi connectivity index (χ4v) is 5.49. The zero-order chi connectivity index (χ0) is 19.4. The highest BCUT2D eigenvalue weighted by molar-refractivity contribution is 9.10. The highest BCUT2D eigenvalue weighted by Gasteiger charge is 2.29. The molecule has 0 N–H and O–H groups in total. The standard InChI is InChI=1S/C19H18BrNO4S2/c1-24-16-8-6-15(7-9-16)21(13-17-4-3-11-26-17)27(22,23)19-12-14(20)5-10-18(19)25-2/h3-12H,13H2,1-2H3. The van der Waals surface area contributed by atoms with Gasteiger partial charge in [0.1, 0.15) is 16.4 Å². The Kier molecular flexibility index (Phi) is 6.08. The largest absolute Gasteiger partial charge is 0.497 e. The Bertz CT molecular complexity index is 1000. The molecule has 3 aromatic rings. The first-order chi connectivity index (χ1) is 13.0. The number of ether oxygens (including phenoxy) is 2. The fraction of sp³-hybridized carbons (Fsp3) is 0.158. The van der Waals surface area contributed by atoms with E-state index in [1.165, 1.54) is 22.8 Å². The zero-order valence-electron chi connectivity index (χ0n) is 14.8. The summed E-state index contributed by atoms with van der Waals surface area (Å²) < 4.78 is 39.6. The summed E-state index contributed by atoms with van der Waals surface area (Å²) in [5, 5.41) is 1.92. The van der Waals surface area contributed by atoms with Crippen molar-refractivity contribution in [1.29, 1.82) is 0 Å². The Morgan fingerprint density at radius 2 is 1.78 bits per heavy atom. The molecule has 2 aromatic carbocycles. The number of methoxy groups -OCH3 is 2. The minimum atomic E-state index is -3.87. The van der Waals surface area contributed by atoms with Crippen LogP contribution in [0.3, 0.4) is 0 Å². The number of nitrogens with zero attached hydrogens (tertiary/aromatic N) is 1. The molecule has 0 aliphatic heterocycles. The smallest absolute Gasteiger partial charge is 0.268 e. The van der Waals surface area contributed by atoms with Gasteiger partial charge < -0.3 is 9.47 Å². The molecule has 0 aliphatic carbocycles. The van der Waals surface area contributed by atoms with E-state index >= 15 is 0 Å². The third kappa shape index (κ3) is 4.28. The zero-order valence-corrected chi connectivity index (χ0v) is 18.0. The lowest BCUT2D eigenvalue weighted by Gasteiger charge is -2.25. The van der Waals surface area contributed by atoms with E-state index in [4.69, 9.17) is 9.47 Å². The SMILES string of the molecule is COc1ccc(N(Cc2cccs2)S(=O)(=O)c2cc(Br)ccc2OC)cc1. The van der Waals surface area contributed by atoms with Crippen LogP contribution in [0.1, 0.15) is 4.88 Å². The molecule has 27 heavy (non-hydrogen) atoms. The van der Waals surface area contributed by atoms with E-state index in [0.717, 1.165) is 4.88 Å². The van der Waals surface area contributed by atoms with Gasteiger partial charge in [0.05, 0.1) is 26.5 Å². The van der Waals surface area contributed by atoms with Crippen LogP contribution in [0.15, 0.2) is 69.3 Å². The Labute approximate surface area is 171 Å². The maximum atomic E-state index is 13.5. The van der Waals surface area contributed by atoms with Gasteiger partial charge in [-0.2, -0.15) is 0 Å². The molecule has 0 atom stereocenters. The monoisotopic (exact) mass is 467 g/mol. The molecule has 1 aromatic heterocycles. The van der Waals surface area contributed by atoms with Crippen LogP contribution in [0.2, 0.25) is 0 Å². The summed E-state index contributed by atoms with van der Waals surface area (Å²) in [6, 6.07) is 15.7. The average Bonchev–Trinajstić information content (AvgIpc) is 3.19. The second-order valence-electron chi connectivity index (χ2n) is 5.58. The van der Waals surface area contributed by atoms with Crippen molar-refractivity contribution in [3.8, 4) is 11.5 Å². The Morgan fingerprint density at radius 1 is 1.04 bits per heavy atom. The van der Waals surface area contributed by atoms with Crippen molar-refractivity contribution in [3.05, 3.63) is 69.3 Å². The fourth-order valence-electron chi connectivity index (χ4n) is 2.58. The van der Waals surface area contributed by atoms with E-state index in [1.54, 1.807) is 49.6 Å². The van der Waals surface area contributed by atoms with Gasteiger partial charge >= 0.3 is 0 Å². The molecule has 0 spiro atoms. The van der Waals surface area contributed by atoms with E-state index in [9.17, 15) is 8.42 Å². The molecule has 142 valence electrons. The van der Waals surface area contributed by atoms with Gasteiger partial charge in [0.15, 0.2) is 0 Å². The van der Waals surface area contributed by atoms with E-state index in [-0.39, 0.29) is 11.4 Å². The topological polar surface area (TPSA) is 55.8 Å². The van der Waals surface area contributed by atoms with Crippen molar-refractivity contribution in [3.63, 3.8) is 0 Å². The van der Waals surface area contributed by atoms with E-state index in [2.05, 4.69) is 15.9 Å². The van der Waals surface area contributed by atoms with Gasteiger partial charge in [-0.3, -0.25) is 4.31 Å². The number of halogens is 1. The lowest BCUT2D eigenvalue weighted by Crippen LogP contribution is -2.30.